The molecule has 0 amide bonds. The average Bonchev–Trinajstić information content (AvgIpc) is 2.70. The number of aryl methyl sites for hydroxylation is 1. The van der Waals surface area contributed by atoms with Crippen LogP contribution in [0.15, 0.2) is 6.33 Å². The second-order valence-corrected chi connectivity index (χ2v) is 4.74. The van der Waals surface area contributed by atoms with Crippen LogP contribution in [0.25, 0.3) is 11.2 Å². The fourth-order valence-electron chi connectivity index (χ4n) is 2.42. The summed E-state index contributed by atoms with van der Waals surface area (Å²) in [5, 5.41) is 8.14. The van der Waals surface area contributed by atoms with Gasteiger partial charge in [-0.3, -0.25) is 0 Å². The molecule has 0 aliphatic carbocycles. The molecule has 0 aromatic carbocycles. The normalized spacial score (nSPS) is 24.7. The van der Waals surface area contributed by atoms with E-state index in [9.17, 15) is 0 Å². The highest BCUT2D eigenvalue weighted by Gasteiger charge is 2.25. The van der Waals surface area contributed by atoms with Gasteiger partial charge in [0.15, 0.2) is 17.0 Å². The Balaban J connectivity index is 2.03. The minimum absolute atomic E-state index is 0.190. The Morgan fingerprint density at radius 2 is 1.94 bits per heavy atom. The van der Waals surface area contributed by atoms with E-state index in [1.165, 1.54) is 0 Å². The van der Waals surface area contributed by atoms with Gasteiger partial charge in [-0.1, -0.05) is 5.21 Å². The van der Waals surface area contributed by atoms with Gasteiger partial charge in [-0.25, -0.2) is 14.6 Å². The molecule has 2 atom stereocenters. The molecule has 0 spiro atoms. The lowest BCUT2D eigenvalue weighted by Crippen LogP contribution is -2.46. The van der Waals surface area contributed by atoms with Gasteiger partial charge in [0, 0.05) is 20.1 Å². The van der Waals surface area contributed by atoms with Crippen LogP contribution in [0.1, 0.15) is 13.8 Å². The van der Waals surface area contributed by atoms with Crippen molar-refractivity contribution in [1.82, 2.24) is 25.0 Å². The summed E-state index contributed by atoms with van der Waals surface area (Å²) in [7, 11) is 1.83. The first-order valence-electron chi connectivity index (χ1n) is 6.06. The van der Waals surface area contributed by atoms with Crippen molar-refractivity contribution in [3.63, 3.8) is 0 Å². The Morgan fingerprint density at radius 3 is 2.67 bits per heavy atom. The van der Waals surface area contributed by atoms with Crippen LogP contribution in [0.5, 0.6) is 0 Å². The predicted octanol–water partition coefficient (Wildman–Crippen LogP) is 0.372. The van der Waals surface area contributed by atoms with Crippen LogP contribution in [-0.4, -0.2) is 50.3 Å². The summed E-state index contributed by atoms with van der Waals surface area (Å²) in [6, 6.07) is 0. The van der Waals surface area contributed by atoms with Crippen molar-refractivity contribution in [2.75, 3.05) is 18.0 Å². The van der Waals surface area contributed by atoms with E-state index in [2.05, 4.69) is 39.0 Å². The Morgan fingerprint density at radius 1 is 1.22 bits per heavy atom. The summed E-state index contributed by atoms with van der Waals surface area (Å²) in [6.07, 6.45) is 1.94. The number of rotatable bonds is 1. The second kappa shape index (κ2) is 4.16. The third-order valence-corrected chi connectivity index (χ3v) is 3.09. The first-order valence-corrected chi connectivity index (χ1v) is 6.06. The average molecular weight is 248 g/mol. The molecule has 3 rings (SSSR count). The van der Waals surface area contributed by atoms with E-state index < -0.39 is 0 Å². The topological polar surface area (TPSA) is 69.0 Å². The van der Waals surface area contributed by atoms with E-state index in [1.807, 2.05) is 7.05 Å². The van der Waals surface area contributed by atoms with E-state index in [-0.39, 0.29) is 12.2 Å². The molecule has 2 unspecified atom stereocenters. The van der Waals surface area contributed by atoms with Crippen LogP contribution in [0.2, 0.25) is 0 Å². The summed E-state index contributed by atoms with van der Waals surface area (Å²) in [6.45, 7) is 5.76. The molecule has 0 N–H and O–H groups in total. The summed E-state index contributed by atoms with van der Waals surface area (Å²) in [5.74, 6) is 0.843. The molecule has 7 nitrogen and oxygen atoms in total. The van der Waals surface area contributed by atoms with Crippen LogP contribution in [0, 0.1) is 0 Å². The van der Waals surface area contributed by atoms with Gasteiger partial charge >= 0.3 is 0 Å². The van der Waals surface area contributed by atoms with Crippen molar-refractivity contribution >= 4 is 17.0 Å². The lowest BCUT2D eigenvalue weighted by molar-refractivity contribution is -0.00538. The highest BCUT2D eigenvalue weighted by Crippen LogP contribution is 2.23. The van der Waals surface area contributed by atoms with Crippen molar-refractivity contribution in [3.05, 3.63) is 6.33 Å². The molecule has 0 bridgehead atoms. The van der Waals surface area contributed by atoms with Crippen molar-refractivity contribution in [2.45, 2.75) is 26.1 Å². The molecule has 1 fully saturated rings. The molecular formula is C11H16N6O. The first-order chi connectivity index (χ1) is 8.65. The van der Waals surface area contributed by atoms with Crippen molar-refractivity contribution in [2.24, 2.45) is 7.05 Å². The maximum absolute atomic E-state index is 5.73. The predicted molar refractivity (Wildman–Crippen MR) is 66.3 cm³/mol. The maximum atomic E-state index is 5.73. The van der Waals surface area contributed by atoms with Gasteiger partial charge in [0.25, 0.3) is 0 Å². The summed E-state index contributed by atoms with van der Waals surface area (Å²) >= 11 is 0. The number of hydrogen-bond donors (Lipinski definition) is 0. The minimum atomic E-state index is 0.190. The van der Waals surface area contributed by atoms with Gasteiger partial charge in [0.2, 0.25) is 0 Å². The maximum Gasteiger partial charge on any atom is 0.183 e. The van der Waals surface area contributed by atoms with Crippen molar-refractivity contribution in [1.29, 1.82) is 0 Å². The molecule has 2 aromatic rings. The highest BCUT2D eigenvalue weighted by molar-refractivity contribution is 5.82. The molecular weight excluding hydrogens is 232 g/mol. The van der Waals surface area contributed by atoms with E-state index >= 15 is 0 Å². The third kappa shape index (κ3) is 1.80. The van der Waals surface area contributed by atoms with Crippen LogP contribution in [-0.2, 0) is 11.8 Å². The van der Waals surface area contributed by atoms with Crippen LogP contribution in [0.4, 0.5) is 5.82 Å². The standard InChI is InChI=1S/C11H16N6O/c1-7-4-17(5-8(2)18-7)11-9-10(12-6-13-11)16(3)15-14-9/h6-8H,4-5H2,1-3H3. The van der Waals surface area contributed by atoms with Gasteiger partial charge in [0.05, 0.1) is 12.2 Å². The number of aromatic nitrogens is 5. The number of ether oxygens (including phenoxy) is 1. The molecule has 3 heterocycles. The number of hydrogen-bond acceptors (Lipinski definition) is 6. The van der Waals surface area contributed by atoms with Gasteiger partial charge in [-0.05, 0) is 13.8 Å². The quantitative estimate of drug-likeness (QED) is 0.726. The third-order valence-electron chi connectivity index (χ3n) is 3.09. The van der Waals surface area contributed by atoms with Crippen LogP contribution < -0.4 is 4.90 Å². The van der Waals surface area contributed by atoms with Crippen LogP contribution in [0.3, 0.4) is 0 Å². The molecule has 18 heavy (non-hydrogen) atoms. The Hall–Kier alpha value is -1.76. The summed E-state index contributed by atoms with van der Waals surface area (Å²) < 4.78 is 7.39. The van der Waals surface area contributed by atoms with Gasteiger partial charge < -0.3 is 9.64 Å². The molecule has 0 radical (unpaired) electrons. The lowest BCUT2D eigenvalue weighted by atomic mass is 10.2. The second-order valence-electron chi connectivity index (χ2n) is 4.74. The van der Waals surface area contributed by atoms with Gasteiger partial charge in [-0.2, -0.15) is 0 Å². The van der Waals surface area contributed by atoms with Crippen molar-refractivity contribution < 1.29 is 4.74 Å². The Bertz CT molecular complexity index is 558. The van der Waals surface area contributed by atoms with Crippen molar-refractivity contribution in [3.8, 4) is 0 Å². The number of anilines is 1. The fourth-order valence-corrected chi connectivity index (χ4v) is 2.42. The van der Waals surface area contributed by atoms with E-state index in [4.69, 9.17) is 4.74 Å². The number of nitrogens with zero attached hydrogens (tertiary/aromatic N) is 6. The smallest absolute Gasteiger partial charge is 0.183 e. The SMILES string of the molecule is CC1CN(c2ncnc3c2nnn3C)CC(C)O1. The molecule has 1 aliphatic rings. The van der Waals surface area contributed by atoms with Crippen LogP contribution >= 0.6 is 0 Å². The summed E-state index contributed by atoms with van der Waals surface area (Å²) in [4.78, 5) is 10.8. The zero-order valence-corrected chi connectivity index (χ0v) is 10.7. The first kappa shape index (κ1) is 11.3. The zero-order valence-electron chi connectivity index (χ0n) is 10.7. The molecule has 96 valence electrons. The molecule has 1 aliphatic heterocycles. The highest BCUT2D eigenvalue weighted by atomic mass is 16.5. The van der Waals surface area contributed by atoms with E-state index in [0.29, 0.717) is 0 Å². The molecule has 1 saturated heterocycles. The fraction of sp³-hybridized carbons (Fsp3) is 0.636. The van der Waals surface area contributed by atoms with E-state index in [0.717, 1.165) is 30.1 Å². The molecule has 7 heteroatoms. The van der Waals surface area contributed by atoms with Gasteiger partial charge in [0.1, 0.15) is 6.33 Å². The zero-order chi connectivity index (χ0) is 12.7. The largest absolute Gasteiger partial charge is 0.372 e. The monoisotopic (exact) mass is 248 g/mol. The minimum Gasteiger partial charge on any atom is -0.372 e. The molecule has 2 aromatic heterocycles. The summed E-state index contributed by atoms with van der Waals surface area (Å²) in [5.41, 5.74) is 1.51. The lowest BCUT2D eigenvalue weighted by Gasteiger charge is -2.35. The van der Waals surface area contributed by atoms with E-state index in [1.54, 1.807) is 11.0 Å². The number of fused-ring (bicyclic) bond motifs is 1. The van der Waals surface area contributed by atoms with Gasteiger partial charge in [-0.15, -0.1) is 5.10 Å². The Labute approximate surface area is 105 Å². The molecule has 0 saturated carbocycles. The Kier molecular flexibility index (Phi) is 2.62. The number of morpholine rings is 1.